The summed E-state index contributed by atoms with van der Waals surface area (Å²) < 4.78 is 13.3. The fourth-order valence-electron chi connectivity index (χ4n) is 1.49. The van der Waals surface area contributed by atoms with Crippen molar-refractivity contribution in [3.8, 4) is 0 Å². The molecule has 0 unspecified atom stereocenters. The van der Waals surface area contributed by atoms with Crippen LogP contribution in [0.5, 0.6) is 0 Å². The number of benzene rings is 2. The Kier molecular flexibility index (Phi) is 4.86. The Morgan fingerprint density at radius 3 is 2.20 bits per heavy atom. The van der Waals surface area contributed by atoms with Gasteiger partial charge in [-0.15, -0.1) is 0 Å². The number of carbonyl (C=O) groups excluding carboxylic acids is 1. The number of carbonyl (C=O) groups is 1. The van der Waals surface area contributed by atoms with Crippen molar-refractivity contribution < 1.29 is 9.18 Å². The number of anilines is 2. The van der Waals surface area contributed by atoms with Crippen LogP contribution in [0.2, 0.25) is 10.0 Å². The maximum Gasteiger partial charge on any atom is 0.323 e. The lowest BCUT2D eigenvalue weighted by molar-refractivity contribution is 0.262. The monoisotopic (exact) mass is 376 g/mol. The molecule has 0 saturated heterocycles. The van der Waals surface area contributed by atoms with Gasteiger partial charge in [-0.25, -0.2) is 9.18 Å². The maximum atomic E-state index is 13.1. The summed E-state index contributed by atoms with van der Waals surface area (Å²) in [6.45, 7) is 0. The highest BCUT2D eigenvalue weighted by Crippen LogP contribution is 2.23. The van der Waals surface area contributed by atoms with Gasteiger partial charge in [-0.3, -0.25) is 0 Å². The minimum Gasteiger partial charge on any atom is -0.308 e. The molecule has 2 rings (SSSR count). The third-order valence-electron chi connectivity index (χ3n) is 2.30. The molecule has 2 aromatic carbocycles. The molecule has 2 aromatic rings. The summed E-state index contributed by atoms with van der Waals surface area (Å²) in [4.78, 5) is 11.8. The fourth-order valence-corrected chi connectivity index (χ4v) is 2.40. The zero-order valence-corrected chi connectivity index (χ0v) is 13.0. The molecular weight excluding hydrogens is 370 g/mol. The number of nitrogens with one attached hydrogen (secondary N) is 2. The Morgan fingerprint density at radius 1 is 1.00 bits per heavy atom. The zero-order chi connectivity index (χ0) is 14.7. The Balaban J connectivity index is 2.06. The number of rotatable bonds is 2. The minimum absolute atomic E-state index is 0.265. The van der Waals surface area contributed by atoms with E-state index < -0.39 is 11.8 Å². The summed E-state index contributed by atoms with van der Waals surface area (Å²) >= 11 is 14.7. The van der Waals surface area contributed by atoms with Gasteiger partial charge in [0, 0.05) is 21.4 Å². The zero-order valence-electron chi connectivity index (χ0n) is 9.88. The van der Waals surface area contributed by atoms with Crippen molar-refractivity contribution in [2.45, 2.75) is 0 Å². The summed E-state index contributed by atoms with van der Waals surface area (Å²) in [6, 6.07) is 8.35. The third kappa shape index (κ3) is 4.10. The van der Waals surface area contributed by atoms with E-state index in [1.54, 1.807) is 18.2 Å². The van der Waals surface area contributed by atoms with Gasteiger partial charge >= 0.3 is 6.03 Å². The first-order valence-electron chi connectivity index (χ1n) is 5.43. The summed E-state index contributed by atoms with van der Waals surface area (Å²) in [5.41, 5.74) is 0.907. The highest BCUT2D eigenvalue weighted by Gasteiger charge is 2.06. The molecule has 2 amide bonds. The largest absolute Gasteiger partial charge is 0.323 e. The average molecular weight is 378 g/mol. The summed E-state index contributed by atoms with van der Waals surface area (Å²) in [7, 11) is 0. The van der Waals surface area contributed by atoms with Gasteiger partial charge in [-0.1, -0.05) is 23.2 Å². The molecule has 0 radical (unpaired) electrons. The Hall–Kier alpha value is -1.30. The van der Waals surface area contributed by atoms with Crippen LogP contribution in [0.15, 0.2) is 40.9 Å². The molecule has 0 aliphatic rings. The molecule has 3 nitrogen and oxygen atoms in total. The van der Waals surface area contributed by atoms with Crippen molar-refractivity contribution in [2.75, 3.05) is 10.6 Å². The fraction of sp³-hybridized carbons (Fsp3) is 0. The van der Waals surface area contributed by atoms with Gasteiger partial charge in [0.2, 0.25) is 0 Å². The molecule has 104 valence electrons. The van der Waals surface area contributed by atoms with E-state index >= 15 is 0 Å². The van der Waals surface area contributed by atoms with E-state index in [2.05, 4.69) is 26.6 Å². The van der Waals surface area contributed by atoms with Gasteiger partial charge in [-0.05, 0) is 52.3 Å². The third-order valence-corrected chi connectivity index (χ3v) is 3.34. The second kappa shape index (κ2) is 6.43. The number of amides is 2. The van der Waals surface area contributed by atoms with Gasteiger partial charge in [0.1, 0.15) is 5.82 Å². The minimum atomic E-state index is -0.484. The van der Waals surface area contributed by atoms with E-state index in [0.717, 1.165) is 0 Å². The quantitative estimate of drug-likeness (QED) is 0.708. The molecule has 0 bridgehead atoms. The van der Waals surface area contributed by atoms with Crippen molar-refractivity contribution in [1.82, 2.24) is 0 Å². The Labute approximate surface area is 133 Å². The number of halogens is 4. The van der Waals surface area contributed by atoms with Crippen molar-refractivity contribution in [3.05, 3.63) is 56.7 Å². The highest BCUT2D eigenvalue weighted by atomic mass is 79.9. The van der Waals surface area contributed by atoms with Gasteiger partial charge in [0.15, 0.2) is 0 Å². The highest BCUT2D eigenvalue weighted by molar-refractivity contribution is 9.10. The van der Waals surface area contributed by atoms with Crippen LogP contribution in [-0.2, 0) is 0 Å². The van der Waals surface area contributed by atoms with Crippen LogP contribution < -0.4 is 10.6 Å². The molecule has 0 spiro atoms. The number of urea groups is 1. The second-order valence-corrected chi connectivity index (χ2v) is 5.59. The van der Waals surface area contributed by atoms with Crippen molar-refractivity contribution in [3.63, 3.8) is 0 Å². The van der Waals surface area contributed by atoms with Gasteiger partial charge in [0.05, 0.1) is 4.47 Å². The Bertz CT molecular complexity index is 647. The molecule has 20 heavy (non-hydrogen) atoms. The summed E-state index contributed by atoms with van der Waals surface area (Å²) in [5, 5.41) is 5.97. The smallest absolute Gasteiger partial charge is 0.308 e. The predicted molar refractivity (Wildman–Crippen MR) is 83.2 cm³/mol. The van der Waals surface area contributed by atoms with Crippen LogP contribution in [0.4, 0.5) is 20.6 Å². The van der Waals surface area contributed by atoms with Crippen LogP contribution in [0.1, 0.15) is 0 Å². The van der Waals surface area contributed by atoms with Crippen LogP contribution in [0, 0.1) is 5.82 Å². The normalized spacial score (nSPS) is 10.2. The SMILES string of the molecule is O=C(Nc1cc(Cl)cc(Cl)c1)Nc1ccc(F)c(Br)c1. The van der Waals surface area contributed by atoms with Crippen LogP contribution in [0.25, 0.3) is 0 Å². The summed E-state index contributed by atoms with van der Waals surface area (Å²) in [5.74, 6) is -0.405. The number of hydrogen-bond acceptors (Lipinski definition) is 1. The van der Waals surface area contributed by atoms with Crippen molar-refractivity contribution >= 4 is 56.5 Å². The van der Waals surface area contributed by atoms with Crippen LogP contribution in [0.3, 0.4) is 0 Å². The second-order valence-electron chi connectivity index (χ2n) is 3.87. The lowest BCUT2D eigenvalue weighted by atomic mass is 10.3. The molecule has 0 atom stereocenters. The van der Waals surface area contributed by atoms with E-state index in [-0.39, 0.29) is 4.47 Å². The first-order chi connectivity index (χ1) is 9.44. The topological polar surface area (TPSA) is 41.1 Å². The molecule has 0 aromatic heterocycles. The van der Waals surface area contributed by atoms with Gasteiger partial charge < -0.3 is 10.6 Å². The average Bonchev–Trinajstić information content (AvgIpc) is 2.32. The van der Waals surface area contributed by atoms with Crippen molar-refractivity contribution in [1.29, 1.82) is 0 Å². The van der Waals surface area contributed by atoms with Crippen LogP contribution >= 0.6 is 39.1 Å². The standard InChI is InChI=1S/C13H8BrCl2FN2O/c14-11-6-9(1-2-12(11)17)18-13(20)19-10-4-7(15)3-8(16)5-10/h1-6H,(H2,18,19,20). The molecule has 0 heterocycles. The first kappa shape index (κ1) is 15.1. The van der Waals surface area contributed by atoms with Crippen molar-refractivity contribution in [2.24, 2.45) is 0 Å². The van der Waals surface area contributed by atoms with Gasteiger partial charge in [-0.2, -0.15) is 0 Å². The number of hydrogen-bond donors (Lipinski definition) is 2. The molecular formula is C13H8BrCl2FN2O. The van der Waals surface area contributed by atoms with Crippen LogP contribution in [-0.4, -0.2) is 6.03 Å². The van der Waals surface area contributed by atoms with Gasteiger partial charge in [0.25, 0.3) is 0 Å². The van der Waals surface area contributed by atoms with E-state index in [9.17, 15) is 9.18 Å². The van der Waals surface area contributed by atoms with E-state index in [4.69, 9.17) is 23.2 Å². The Morgan fingerprint density at radius 2 is 1.60 bits per heavy atom. The first-order valence-corrected chi connectivity index (χ1v) is 6.98. The maximum absolute atomic E-state index is 13.1. The van der Waals surface area contributed by atoms with E-state index in [1.165, 1.54) is 18.2 Å². The molecule has 2 N–H and O–H groups in total. The lowest BCUT2D eigenvalue weighted by Crippen LogP contribution is -2.19. The van der Waals surface area contributed by atoms with E-state index in [1.807, 2.05) is 0 Å². The predicted octanol–water partition coefficient (Wildman–Crippen LogP) is 5.54. The molecule has 0 fully saturated rings. The van der Waals surface area contributed by atoms with E-state index in [0.29, 0.717) is 21.4 Å². The lowest BCUT2D eigenvalue weighted by Gasteiger charge is -2.09. The molecule has 0 saturated carbocycles. The molecule has 7 heteroatoms. The summed E-state index contributed by atoms with van der Waals surface area (Å²) in [6.07, 6.45) is 0. The molecule has 0 aliphatic carbocycles. The molecule has 0 aliphatic heterocycles.